The molecule has 162 valence electrons. The molecule has 3 rings (SSSR count). The van der Waals surface area contributed by atoms with Crippen molar-refractivity contribution in [2.45, 2.75) is 45.2 Å². The molecule has 0 aromatic heterocycles. The molecule has 2 unspecified atom stereocenters. The molecule has 32 heavy (non-hydrogen) atoms. The van der Waals surface area contributed by atoms with E-state index < -0.39 is 5.41 Å². The minimum absolute atomic E-state index is 0.0393. The van der Waals surface area contributed by atoms with Gasteiger partial charge in [0.05, 0.1) is 29.2 Å². The van der Waals surface area contributed by atoms with E-state index in [2.05, 4.69) is 42.6 Å². The van der Waals surface area contributed by atoms with Crippen LogP contribution in [0, 0.1) is 28.1 Å². The molecule has 0 fully saturated rings. The van der Waals surface area contributed by atoms with Gasteiger partial charge < -0.3 is 5.32 Å². The Kier molecular flexibility index (Phi) is 7.70. The lowest BCUT2D eigenvalue weighted by atomic mass is 9.79. The Morgan fingerprint density at radius 3 is 2.19 bits per heavy atom. The van der Waals surface area contributed by atoms with Gasteiger partial charge in [0, 0.05) is 17.0 Å². The summed E-state index contributed by atoms with van der Waals surface area (Å²) in [7, 11) is 0. The number of nitrogens with zero attached hydrogens (tertiary/aromatic N) is 2. The fourth-order valence-electron chi connectivity index (χ4n) is 4.11. The molecule has 1 N–H and O–H groups in total. The van der Waals surface area contributed by atoms with Crippen LogP contribution in [0.2, 0.25) is 5.02 Å². The predicted molar refractivity (Wildman–Crippen MR) is 130 cm³/mol. The standard InChI is InChI=1S/C28H28ClN3/c1-20(32-27(28(2,3)19-31)23-9-5-4-6-10-23)26(17-21-12-14-25(29)15-13-21)24-11-7-8-22(16-24)18-30/h4-16,20,26-27,32H,17H2,1-3H3/t20?,26?,27-/m0/s1. The number of rotatable bonds is 8. The van der Waals surface area contributed by atoms with Gasteiger partial charge in [0.25, 0.3) is 0 Å². The summed E-state index contributed by atoms with van der Waals surface area (Å²) < 4.78 is 0. The second-order valence-corrected chi connectivity index (χ2v) is 9.24. The van der Waals surface area contributed by atoms with Crippen LogP contribution in [-0.4, -0.2) is 6.04 Å². The van der Waals surface area contributed by atoms with Crippen molar-refractivity contribution in [3.63, 3.8) is 0 Å². The molecule has 0 radical (unpaired) electrons. The SMILES string of the molecule is CC(N[C@@H](c1ccccc1)C(C)(C)C#N)C(Cc1ccc(Cl)cc1)c1cccc(C#N)c1. The number of benzene rings is 3. The van der Waals surface area contributed by atoms with Crippen LogP contribution in [0.5, 0.6) is 0 Å². The number of nitrogens with one attached hydrogen (secondary N) is 1. The molecule has 0 bridgehead atoms. The quantitative estimate of drug-likeness (QED) is 0.417. The predicted octanol–water partition coefficient (Wildman–Crippen LogP) is 6.81. The highest BCUT2D eigenvalue weighted by molar-refractivity contribution is 6.30. The maximum absolute atomic E-state index is 9.89. The van der Waals surface area contributed by atoms with E-state index in [1.807, 2.05) is 74.5 Å². The largest absolute Gasteiger partial charge is 0.305 e. The number of halogens is 1. The average molecular weight is 442 g/mol. The third-order valence-corrected chi connectivity index (χ3v) is 6.24. The van der Waals surface area contributed by atoms with Crippen LogP contribution < -0.4 is 5.32 Å². The van der Waals surface area contributed by atoms with E-state index in [9.17, 15) is 10.5 Å². The van der Waals surface area contributed by atoms with Crippen molar-refractivity contribution in [1.82, 2.24) is 5.32 Å². The molecule has 3 aromatic rings. The van der Waals surface area contributed by atoms with Gasteiger partial charge in [-0.15, -0.1) is 0 Å². The van der Waals surface area contributed by atoms with Crippen molar-refractivity contribution in [3.05, 3.63) is 106 Å². The van der Waals surface area contributed by atoms with Gasteiger partial charge in [-0.2, -0.15) is 10.5 Å². The normalized spacial score (nSPS) is 14.1. The molecule has 0 aliphatic heterocycles. The van der Waals surface area contributed by atoms with E-state index in [1.54, 1.807) is 0 Å². The molecule has 4 heteroatoms. The zero-order valence-corrected chi connectivity index (χ0v) is 19.5. The Labute approximate surface area is 196 Å². The topological polar surface area (TPSA) is 59.6 Å². The van der Waals surface area contributed by atoms with Gasteiger partial charge in [0.2, 0.25) is 0 Å². The van der Waals surface area contributed by atoms with Crippen LogP contribution in [-0.2, 0) is 6.42 Å². The zero-order chi connectivity index (χ0) is 23.1. The lowest BCUT2D eigenvalue weighted by Gasteiger charge is -2.35. The molecule has 0 spiro atoms. The second kappa shape index (κ2) is 10.5. The molecule has 0 saturated carbocycles. The third kappa shape index (κ3) is 5.77. The van der Waals surface area contributed by atoms with Gasteiger partial charge in [-0.3, -0.25) is 0 Å². The van der Waals surface area contributed by atoms with Gasteiger partial charge in [0.1, 0.15) is 0 Å². The molecular weight excluding hydrogens is 414 g/mol. The molecular formula is C28H28ClN3. The number of hydrogen-bond acceptors (Lipinski definition) is 3. The van der Waals surface area contributed by atoms with Crippen molar-refractivity contribution in [2.24, 2.45) is 5.41 Å². The van der Waals surface area contributed by atoms with E-state index in [0.29, 0.717) is 10.6 Å². The third-order valence-electron chi connectivity index (χ3n) is 5.99. The Bertz CT molecular complexity index is 1110. The van der Waals surface area contributed by atoms with Gasteiger partial charge in [0.15, 0.2) is 0 Å². The van der Waals surface area contributed by atoms with Crippen LogP contribution in [0.4, 0.5) is 0 Å². The van der Waals surface area contributed by atoms with Gasteiger partial charge in [-0.1, -0.05) is 66.2 Å². The minimum atomic E-state index is -0.602. The molecule has 3 nitrogen and oxygen atoms in total. The van der Waals surface area contributed by atoms with Crippen molar-refractivity contribution < 1.29 is 0 Å². The van der Waals surface area contributed by atoms with E-state index in [1.165, 1.54) is 5.56 Å². The highest BCUT2D eigenvalue weighted by Gasteiger charge is 2.33. The Balaban J connectivity index is 1.97. The molecule has 0 heterocycles. The molecule has 3 atom stereocenters. The molecule has 0 aliphatic rings. The Morgan fingerprint density at radius 2 is 1.56 bits per heavy atom. The maximum Gasteiger partial charge on any atom is 0.0991 e. The van der Waals surface area contributed by atoms with Gasteiger partial charge in [-0.25, -0.2) is 0 Å². The molecule has 0 aliphatic carbocycles. The van der Waals surface area contributed by atoms with Crippen LogP contribution in [0.25, 0.3) is 0 Å². The summed E-state index contributed by atoms with van der Waals surface area (Å²) in [6.45, 7) is 6.09. The van der Waals surface area contributed by atoms with Crippen molar-refractivity contribution in [1.29, 1.82) is 10.5 Å². The van der Waals surface area contributed by atoms with Crippen molar-refractivity contribution >= 4 is 11.6 Å². The highest BCUT2D eigenvalue weighted by Crippen LogP contribution is 2.35. The fraction of sp³-hybridized carbons (Fsp3) is 0.286. The molecule has 0 saturated heterocycles. The first kappa shape index (κ1) is 23.6. The average Bonchev–Trinajstić information content (AvgIpc) is 2.82. The fourth-order valence-corrected chi connectivity index (χ4v) is 4.23. The number of nitriles is 2. The lowest BCUT2D eigenvalue weighted by Crippen LogP contribution is -2.42. The van der Waals surface area contributed by atoms with E-state index in [-0.39, 0.29) is 18.0 Å². The van der Waals surface area contributed by atoms with Gasteiger partial charge in [-0.05, 0) is 68.1 Å². The summed E-state index contributed by atoms with van der Waals surface area (Å²) in [5.41, 5.74) is 3.40. The molecule has 3 aromatic carbocycles. The summed E-state index contributed by atoms with van der Waals surface area (Å²) in [5, 5.41) is 23.8. The zero-order valence-electron chi connectivity index (χ0n) is 18.7. The monoisotopic (exact) mass is 441 g/mol. The number of hydrogen-bond donors (Lipinski definition) is 1. The second-order valence-electron chi connectivity index (χ2n) is 8.81. The summed E-state index contributed by atoms with van der Waals surface area (Å²) in [5.74, 6) is 0.102. The first-order chi connectivity index (χ1) is 15.3. The Hall–Kier alpha value is -3.11. The van der Waals surface area contributed by atoms with Crippen molar-refractivity contribution in [3.8, 4) is 12.1 Å². The summed E-state index contributed by atoms with van der Waals surface area (Å²) in [4.78, 5) is 0. The Morgan fingerprint density at radius 1 is 0.906 bits per heavy atom. The minimum Gasteiger partial charge on any atom is -0.305 e. The smallest absolute Gasteiger partial charge is 0.0991 e. The van der Waals surface area contributed by atoms with Crippen LogP contribution >= 0.6 is 11.6 Å². The summed E-state index contributed by atoms with van der Waals surface area (Å²) in [6.07, 6.45) is 0.786. The van der Waals surface area contributed by atoms with E-state index in [0.717, 1.165) is 17.5 Å². The van der Waals surface area contributed by atoms with E-state index in [4.69, 9.17) is 11.6 Å². The summed E-state index contributed by atoms with van der Waals surface area (Å²) >= 11 is 6.09. The lowest BCUT2D eigenvalue weighted by molar-refractivity contribution is 0.281. The van der Waals surface area contributed by atoms with Crippen LogP contribution in [0.15, 0.2) is 78.9 Å². The maximum atomic E-state index is 9.89. The first-order valence-corrected chi connectivity index (χ1v) is 11.2. The van der Waals surface area contributed by atoms with E-state index >= 15 is 0 Å². The van der Waals surface area contributed by atoms with Crippen LogP contribution in [0.3, 0.4) is 0 Å². The van der Waals surface area contributed by atoms with Crippen molar-refractivity contribution in [2.75, 3.05) is 0 Å². The molecule has 0 amide bonds. The first-order valence-electron chi connectivity index (χ1n) is 10.8. The highest BCUT2D eigenvalue weighted by atomic mass is 35.5. The summed E-state index contributed by atoms with van der Waals surface area (Å²) in [6, 6.07) is 30.4. The van der Waals surface area contributed by atoms with Crippen LogP contribution in [0.1, 0.15) is 55.0 Å². The van der Waals surface area contributed by atoms with Gasteiger partial charge >= 0.3 is 0 Å².